The Hall–Kier alpha value is -2.65. The molecule has 1 fully saturated rings. The van der Waals surface area contributed by atoms with Crippen LogP contribution in [0.1, 0.15) is 29.5 Å². The maximum Gasteiger partial charge on any atom is 0.266 e. The summed E-state index contributed by atoms with van der Waals surface area (Å²) in [6.45, 7) is 0. The number of para-hydroxylation sites is 2. The standard InChI is InChI=1S/C17H15N3O2S/c1-22-15-5-3-2-4-14(15)20-16(21)12(9-18)8-13-10-23-17(19-13)11-6-7-11/h2-5,8,10-11H,6-7H2,1H3,(H,20,21). The second-order valence-corrected chi connectivity index (χ2v) is 6.10. The molecule has 1 aliphatic rings. The van der Waals surface area contributed by atoms with Gasteiger partial charge in [-0.1, -0.05) is 12.1 Å². The number of ether oxygens (including phenoxy) is 1. The van der Waals surface area contributed by atoms with Gasteiger partial charge in [-0.05, 0) is 31.1 Å². The fourth-order valence-electron chi connectivity index (χ4n) is 2.12. The van der Waals surface area contributed by atoms with E-state index in [9.17, 15) is 10.1 Å². The lowest BCUT2D eigenvalue weighted by Crippen LogP contribution is -2.14. The van der Waals surface area contributed by atoms with Crippen LogP contribution in [0, 0.1) is 11.3 Å². The number of anilines is 1. The number of nitrogens with one attached hydrogen (secondary N) is 1. The van der Waals surface area contributed by atoms with Gasteiger partial charge in [-0.3, -0.25) is 4.79 Å². The first-order valence-corrected chi connectivity index (χ1v) is 8.11. The zero-order valence-corrected chi connectivity index (χ0v) is 13.4. The number of nitriles is 1. The Morgan fingerprint density at radius 3 is 2.96 bits per heavy atom. The van der Waals surface area contributed by atoms with Gasteiger partial charge in [-0.15, -0.1) is 11.3 Å². The molecule has 0 spiro atoms. The summed E-state index contributed by atoms with van der Waals surface area (Å²) in [5.41, 5.74) is 1.20. The molecule has 2 aromatic rings. The van der Waals surface area contributed by atoms with Crippen LogP contribution in [0.5, 0.6) is 5.75 Å². The summed E-state index contributed by atoms with van der Waals surface area (Å²) in [6, 6.07) is 9.00. The van der Waals surface area contributed by atoms with Crippen molar-refractivity contribution in [3.63, 3.8) is 0 Å². The Morgan fingerprint density at radius 1 is 1.48 bits per heavy atom. The van der Waals surface area contributed by atoms with Crippen LogP contribution in [-0.4, -0.2) is 18.0 Å². The van der Waals surface area contributed by atoms with Crippen molar-refractivity contribution >= 4 is 29.0 Å². The van der Waals surface area contributed by atoms with Crippen molar-refractivity contribution in [3.8, 4) is 11.8 Å². The third-order valence-electron chi connectivity index (χ3n) is 3.48. The van der Waals surface area contributed by atoms with E-state index >= 15 is 0 Å². The van der Waals surface area contributed by atoms with E-state index in [-0.39, 0.29) is 5.57 Å². The molecule has 116 valence electrons. The summed E-state index contributed by atoms with van der Waals surface area (Å²) in [5, 5.41) is 14.9. The highest BCUT2D eigenvalue weighted by Gasteiger charge is 2.26. The predicted octanol–water partition coefficient (Wildman–Crippen LogP) is 3.57. The van der Waals surface area contributed by atoms with Gasteiger partial charge < -0.3 is 10.1 Å². The highest BCUT2D eigenvalue weighted by Crippen LogP contribution is 2.41. The Bertz CT molecular complexity index is 800. The number of thiazole rings is 1. The number of aromatic nitrogens is 1. The van der Waals surface area contributed by atoms with E-state index in [4.69, 9.17) is 4.74 Å². The maximum atomic E-state index is 12.3. The SMILES string of the molecule is COc1ccccc1NC(=O)C(C#N)=Cc1csc(C2CC2)n1. The quantitative estimate of drug-likeness (QED) is 0.673. The molecule has 0 bridgehead atoms. The van der Waals surface area contributed by atoms with Crippen molar-refractivity contribution in [2.75, 3.05) is 12.4 Å². The van der Waals surface area contributed by atoms with Crippen molar-refractivity contribution in [3.05, 3.63) is 45.9 Å². The topological polar surface area (TPSA) is 75.0 Å². The first-order chi connectivity index (χ1) is 11.2. The first kappa shape index (κ1) is 15.3. The monoisotopic (exact) mass is 325 g/mol. The lowest BCUT2D eigenvalue weighted by Gasteiger charge is -2.08. The van der Waals surface area contributed by atoms with Gasteiger partial charge in [0, 0.05) is 11.3 Å². The number of carbonyl (C=O) groups excluding carboxylic acids is 1. The van der Waals surface area contributed by atoms with Gasteiger partial charge in [-0.2, -0.15) is 5.26 Å². The number of rotatable bonds is 5. The molecule has 0 saturated heterocycles. The molecule has 0 unspecified atom stereocenters. The fraction of sp³-hybridized carbons (Fsp3) is 0.235. The average molecular weight is 325 g/mol. The minimum Gasteiger partial charge on any atom is -0.495 e. The fourth-order valence-corrected chi connectivity index (χ4v) is 3.07. The van der Waals surface area contributed by atoms with Gasteiger partial charge in [0.05, 0.1) is 23.5 Å². The lowest BCUT2D eigenvalue weighted by molar-refractivity contribution is -0.112. The van der Waals surface area contributed by atoms with Gasteiger partial charge >= 0.3 is 0 Å². The van der Waals surface area contributed by atoms with E-state index in [1.54, 1.807) is 29.5 Å². The van der Waals surface area contributed by atoms with Crippen molar-refractivity contribution in [2.24, 2.45) is 0 Å². The van der Waals surface area contributed by atoms with Crippen LogP contribution < -0.4 is 10.1 Å². The molecule has 0 atom stereocenters. The molecule has 5 nitrogen and oxygen atoms in total. The molecule has 1 aromatic carbocycles. The highest BCUT2D eigenvalue weighted by molar-refractivity contribution is 7.09. The minimum absolute atomic E-state index is 0.0172. The van der Waals surface area contributed by atoms with E-state index < -0.39 is 5.91 Å². The Morgan fingerprint density at radius 2 is 2.26 bits per heavy atom. The molecular weight excluding hydrogens is 310 g/mol. The molecule has 1 N–H and O–H groups in total. The third-order valence-corrected chi connectivity index (χ3v) is 4.50. The van der Waals surface area contributed by atoms with Gasteiger partial charge in [0.25, 0.3) is 5.91 Å². The van der Waals surface area contributed by atoms with E-state index in [0.29, 0.717) is 23.0 Å². The van der Waals surface area contributed by atoms with Crippen LogP contribution in [-0.2, 0) is 4.79 Å². The van der Waals surface area contributed by atoms with Crippen LogP contribution in [0.15, 0.2) is 35.2 Å². The average Bonchev–Trinajstić information content (AvgIpc) is 3.32. The smallest absolute Gasteiger partial charge is 0.266 e. The summed E-state index contributed by atoms with van der Waals surface area (Å²) in [4.78, 5) is 16.8. The summed E-state index contributed by atoms with van der Waals surface area (Å²) in [6.07, 6.45) is 3.87. The zero-order valence-electron chi connectivity index (χ0n) is 12.6. The molecule has 1 heterocycles. The normalized spacial score (nSPS) is 14.2. The zero-order chi connectivity index (χ0) is 16.2. The Labute approximate surface area is 138 Å². The van der Waals surface area contributed by atoms with Crippen molar-refractivity contribution in [1.82, 2.24) is 4.98 Å². The molecular formula is C17H15N3O2S. The van der Waals surface area contributed by atoms with E-state index in [0.717, 1.165) is 5.01 Å². The van der Waals surface area contributed by atoms with Crippen molar-refractivity contribution in [1.29, 1.82) is 5.26 Å². The molecule has 3 rings (SSSR count). The summed E-state index contributed by atoms with van der Waals surface area (Å²) in [7, 11) is 1.53. The molecule has 23 heavy (non-hydrogen) atoms. The summed E-state index contributed by atoms with van der Waals surface area (Å²) in [5.74, 6) is 0.635. The number of amides is 1. The van der Waals surface area contributed by atoms with Crippen LogP contribution in [0.3, 0.4) is 0 Å². The van der Waals surface area contributed by atoms with Gasteiger partial charge in [0.1, 0.15) is 17.4 Å². The third kappa shape index (κ3) is 3.58. The molecule has 6 heteroatoms. The number of nitrogens with zero attached hydrogens (tertiary/aromatic N) is 2. The number of methoxy groups -OCH3 is 1. The van der Waals surface area contributed by atoms with Crippen molar-refractivity contribution in [2.45, 2.75) is 18.8 Å². The van der Waals surface area contributed by atoms with E-state index in [2.05, 4.69) is 10.3 Å². The lowest BCUT2D eigenvalue weighted by atomic mass is 10.2. The van der Waals surface area contributed by atoms with Crippen LogP contribution >= 0.6 is 11.3 Å². The van der Waals surface area contributed by atoms with Gasteiger partial charge in [-0.25, -0.2) is 4.98 Å². The van der Waals surface area contributed by atoms with Crippen LogP contribution in [0.4, 0.5) is 5.69 Å². The Kier molecular flexibility index (Phi) is 4.40. The van der Waals surface area contributed by atoms with Crippen LogP contribution in [0.2, 0.25) is 0 Å². The van der Waals surface area contributed by atoms with Crippen LogP contribution in [0.25, 0.3) is 6.08 Å². The van der Waals surface area contributed by atoms with Gasteiger partial charge in [0.2, 0.25) is 0 Å². The number of benzene rings is 1. The van der Waals surface area contributed by atoms with Gasteiger partial charge in [0.15, 0.2) is 0 Å². The maximum absolute atomic E-state index is 12.3. The van der Waals surface area contributed by atoms with Crippen molar-refractivity contribution < 1.29 is 9.53 Å². The summed E-state index contributed by atoms with van der Waals surface area (Å²) >= 11 is 1.58. The predicted molar refractivity (Wildman–Crippen MR) is 89.3 cm³/mol. The number of hydrogen-bond acceptors (Lipinski definition) is 5. The molecule has 1 saturated carbocycles. The molecule has 1 aliphatic carbocycles. The molecule has 1 amide bonds. The highest BCUT2D eigenvalue weighted by atomic mass is 32.1. The molecule has 0 radical (unpaired) electrons. The largest absolute Gasteiger partial charge is 0.495 e. The molecule has 0 aliphatic heterocycles. The Balaban J connectivity index is 1.77. The van der Waals surface area contributed by atoms with E-state index in [1.807, 2.05) is 17.5 Å². The second kappa shape index (κ2) is 6.63. The second-order valence-electron chi connectivity index (χ2n) is 5.21. The van der Waals surface area contributed by atoms with E-state index in [1.165, 1.54) is 26.0 Å². The minimum atomic E-state index is -0.474. The first-order valence-electron chi connectivity index (χ1n) is 7.23. The number of carbonyl (C=O) groups is 1. The number of hydrogen-bond donors (Lipinski definition) is 1. The molecule has 1 aromatic heterocycles. The summed E-state index contributed by atoms with van der Waals surface area (Å²) < 4.78 is 5.19.